The average Bonchev–Trinajstić information content (AvgIpc) is 3.53. The summed E-state index contributed by atoms with van der Waals surface area (Å²) >= 11 is 9.80. The molecule has 0 aliphatic carbocycles. The first-order valence-corrected chi connectivity index (χ1v) is 14.4. The fourth-order valence-electron chi connectivity index (χ4n) is 6.36. The van der Waals surface area contributed by atoms with Gasteiger partial charge in [0.2, 0.25) is 11.8 Å². The lowest BCUT2D eigenvalue weighted by molar-refractivity contribution is -0.130. The fourth-order valence-corrected chi connectivity index (χ4v) is 6.91. The molecule has 4 amide bonds. The van der Waals surface area contributed by atoms with Gasteiger partial charge in [-0.05, 0) is 55.2 Å². The van der Waals surface area contributed by atoms with E-state index >= 15 is 0 Å². The van der Waals surface area contributed by atoms with Gasteiger partial charge in [0, 0.05) is 66.2 Å². The van der Waals surface area contributed by atoms with E-state index < -0.39 is 11.5 Å². The minimum atomic E-state index is -0.974. The Bertz CT molecular complexity index is 1290. The number of hydrogen-bond acceptors (Lipinski definition) is 4. The van der Waals surface area contributed by atoms with Gasteiger partial charge in [0.1, 0.15) is 17.3 Å². The van der Waals surface area contributed by atoms with Gasteiger partial charge in [-0.3, -0.25) is 9.59 Å². The normalized spacial score (nSPS) is 25.4. The van der Waals surface area contributed by atoms with Crippen molar-refractivity contribution in [2.75, 3.05) is 31.5 Å². The van der Waals surface area contributed by atoms with Gasteiger partial charge in [-0.1, -0.05) is 33.6 Å². The molecule has 4 aliphatic rings. The van der Waals surface area contributed by atoms with Gasteiger partial charge in [0.05, 0.1) is 6.04 Å². The molecule has 10 heteroatoms. The fraction of sp³-hybridized carbons (Fsp3) is 0.464. The second-order valence-electron chi connectivity index (χ2n) is 10.6. The highest BCUT2D eigenvalue weighted by Crippen LogP contribution is 2.53. The van der Waals surface area contributed by atoms with E-state index in [0.717, 1.165) is 54.4 Å². The van der Waals surface area contributed by atoms with E-state index in [-0.39, 0.29) is 30.4 Å². The molecule has 3 fully saturated rings. The maximum atomic E-state index is 13.6. The second-order valence-corrected chi connectivity index (χ2v) is 11.9. The molecule has 6 rings (SSSR count). The highest BCUT2D eigenvalue weighted by Gasteiger charge is 2.56. The van der Waals surface area contributed by atoms with Crippen LogP contribution in [0.1, 0.15) is 55.7 Å². The van der Waals surface area contributed by atoms with Crippen LogP contribution < -0.4 is 15.4 Å². The average molecular weight is 602 g/mol. The minimum Gasteiger partial charge on any atom is -0.490 e. The molecule has 8 nitrogen and oxygen atoms in total. The van der Waals surface area contributed by atoms with Crippen molar-refractivity contribution in [1.29, 1.82) is 0 Å². The number of ether oxygens (including phenoxy) is 1. The van der Waals surface area contributed by atoms with Gasteiger partial charge < -0.3 is 25.2 Å². The molecule has 0 aromatic heterocycles. The molecule has 0 radical (unpaired) electrons. The summed E-state index contributed by atoms with van der Waals surface area (Å²) in [7, 11) is 0. The first-order chi connectivity index (χ1) is 18.3. The van der Waals surface area contributed by atoms with Crippen LogP contribution in [0.15, 0.2) is 40.9 Å². The number of fused-ring (bicyclic) bond motifs is 2. The smallest absolute Gasteiger partial charge is 0.320 e. The molecule has 2 aromatic carbocycles. The van der Waals surface area contributed by atoms with Crippen LogP contribution in [0.2, 0.25) is 5.02 Å². The van der Waals surface area contributed by atoms with E-state index in [1.807, 2.05) is 34.1 Å². The number of hydrogen-bond donors (Lipinski definition) is 2. The number of nitrogens with zero attached hydrogens (tertiary/aromatic N) is 2. The number of halogens is 2. The number of carbonyl (C=O) groups is 3. The number of rotatable bonds is 3. The Hall–Kier alpha value is -2.78. The van der Waals surface area contributed by atoms with E-state index in [9.17, 15) is 14.4 Å². The number of nitrogens with one attached hydrogen (secondary N) is 2. The zero-order valence-corrected chi connectivity index (χ0v) is 23.3. The van der Waals surface area contributed by atoms with Crippen LogP contribution in [0.5, 0.6) is 5.75 Å². The maximum absolute atomic E-state index is 13.6. The van der Waals surface area contributed by atoms with Crippen LogP contribution in [0.4, 0.5) is 10.5 Å². The molecule has 4 aliphatic heterocycles. The molecule has 2 N–H and O–H groups in total. The summed E-state index contributed by atoms with van der Waals surface area (Å²) in [6, 6.07) is 10.7. The van der Waals surface area contributed by atoms with Crippen molar-refractivity contribution in [2.45, 2.75) is 56.1 Å². The Morgan fingerprint density at radius 2 is 1.76 bits per heavy atom. The molecular weight excluding hydrogens is 572 g/mol. The van der Waals surface area contributed by atoms with Crippen molar-refractivity contribution < 1.29 is 19.1 Å². The standard InChI is InChI=1S/C28H30BrClN4O4/c29-17-3-6-23(38-19-8-13-34(14-9-19)27(37)33-11-1-2-12-33)20(15-17)25-28(10-7-24(35)32-25)21-5-4-18(30)16-22(21)31-26(28)36/h3-6,15-16,19,25H,1-2,7-14H2,(H,31,36)(H,32,35)/t25-,28-/m1/s1. The molecule has 200 valence electrons. The first kappa shape index (κ1) is 25.5. The monoisotopic (exact) mass is 600 g/mol. The molecule has 0 unspecified atom stereocenters. The van der Waals surface area contributed by atoms with Crippen LogP contribution in [-0.2, 0) is 15.0 Å². The van der Waals surface area contributed by atoms with Crippen molar-refractivity contribution >= 4 is 51.1 Å². The van der Waals surface area contributed by atoms with E-state index in [4.69, 9.17) is 16.3 Å². The van der Waals surface area contributed by atoms with Gasteiger partial charge in [-0.2, -0.15) is 0 Å². The largest absolute Gasteiger partial charge is 0.490 e. The summed E-state index contributed by atoms with van der Waals surface area (Å²) in [6.07, 6.45) is 4.15. The summed E-state index contributed by atoms with van der Waals surface area (Å²) in [6.45, 7) is 2.98. The molecule has 2 atom stereocenters. The lowest BCUT2D eigenvalue weighted by Gasteiger charge is -2.41. The number of piperidine rings is 2. The molecular formula is C28H30BrClN4O4. The van der Waals surface area contributed by atoms with E-state index in [0.29, 0.717) is 36.0 Å². The molecule has 0 bridgehead atoms. The Morgan fingerprint density at radius 3 is 2.53 bits per heavy atom. The van der Waals surface area contributed by atoms with Gasteiger partial charge >= 0.3 is 6.03 Å². The minimum absolute atomic E-state index is 0.0729. The van der Waals surface area contributed by atoms with Crippen molar-refractivity contribution in [3.8, 4) is 5.75 Å². The number of urea groups is 1. The van der Waals surface area contributed by atoms with Crippen molar-refractivity contribution in [2.24, 2.45) is 0 Å². The lowest BCUT2D eigenvalue weighted by atomic mass is 9.67. The number of anilines is 1. The quantitative estimate of drug-likeness (QED) is 0.518. The van der Waals surface area contributed by atoms with E-state index in [1.54, 1.807) is 12.1 Å². The maximum Gasteiger partial charge on any atom is 0.320 e. The van der Waals surface area contributed by atoms with Crippen LogP contribution in [0, 0.1) is 0 Å². The molecule has 2 aromatic rings. The number of benzene rings is 2. The zero-order valence-electron chi connectivity index (χ0n) is 21.0. The van der Waals surface area contributed by atoms with E-state index in [2.05, 4.69) is 26.6 Å². The van der Waals surface area contributed by atoms with Crippen molar-refractivity contribution in [3.05, 3.63) is 57.0 Å². The topological polar surface area (TPSA) is 91.0 Å². The third kappa shape index (κ3) is 4.43. The first-order valence-electron chi connectivity index (χ1n) is 13.3. The Labute approximate surface area is 235 Å². The third-order valence-corrected chi connectivity index (χ3v) is 9.05. The summed E-state index contributed by atoms with van der Waals surface area (Å²) in [5.41, 5.74) is 1.28. The second kappa shape index (κ2) is 10.1. The van der Waals surface area contributed by atoms with Gasteiger partial charge in [-0.25, -0.2) is 4.79 Å². The third-order valence-electron chi connectivity index (χ3n) is 8.33. The molecule has 3 saturated heterocycles. The van der Waals surface area contributed by atoms with Gasteiger partial charge in [-0.15, -0.1) is 0 Å². The van der Waals surface area contributed by atoms with Gasteiger partial charge in [0.15, 0.2) is 0 Å². The Kier molecular flexibility index (Phi) is 6.76. The number of carbonyl (C=O) groups excluding carboxylic acids is 3. The summed E-state index contributed by atoms with van der Waals surface area (Å²) in [4.78, 5) is 43.0. The zero-order chi connectivity index (χ0) is 26.4. The van der Waals surface area contributed by atoms with Crippen LogP contribution in [0.25, 0.3) is 0 Å². The SMILES string of the molecule is O=C1CC[C@]2(C(=O)Nc3cc(Cl)ccc32)[C@@H](c2cc(Br)ccc2OC2CCN(C(=O)N3CCCC3)CC2)N1. The lowest BCUT2D eigenvalue weighted by Crippen LogP contribution is -2.52. The van der Waals surface area contributed by atoms with Crippen LogP contribution in [0.3, 0.4) is 0 Å². The highest BCUT2D eigenvalue weighted by molar-refractivity contribution is 9.10. The van der Waals surface area contributed by atoms with Crippen LogP contribution in [-0.4, -0.2) is 59.9 Å². The Morgan fingerprint density at radius 1 is 1.03 bits per heavy atom. The molecule has 1 spiro atoms. The summed E-state index contributed by atoms with van der Waals surface area (Å²) in [5, 5.41) is 6.66. The Balaban J connectivity index is 1.28. The summed E-state index contributed by atoms with van der Waals surface area (Å²) in [5.74, 6) is 0.384. The number of amides is 4. The predicted molar refractivity (Wildman–Crippen MR) is 147 cm³/mol. The van der Waals surface area contributed by atoms with Crippen molar-refractivity contribution in [3.63, 3.8) is 0 Å². The predicted octanol–water partition coefficient (Wildman–Crippen LogP) is 5.00. The highest BCUT2D eigenvalue weighted by atomic mass is 79.9. The van der Waals surface area contributed by atoms with E-state index in [1.165, 1.54) is 0 Å². The molecule has 4 heterocycles. The molecule has 0 saturated carbocycles. The molecule has 38 heavy (non-hydrogen) atoms. The summed E-state index contributed by atoms with van der Waals surface area (Å²) < 4.78 is 7.38. The van der Waals surface area contributed by atoms with Crippen LogP contribution >= 0.6 is 27.5 Å². The number of likely N-dealkylation sites (tertiary alicyclic amines) is 2. The van der Waals surface area contributed by atoms with Crippen molar-refractivity contribution in [1.82, 2.24) is 15.1 Å². The van der Waals surface area contributed by atoms with Gasteiger partial charge in [0.25, 0.3) is 0 Å².